The molecule has 0 spiro atoms. The first-order valence-corrected chi connectivity index (χ1v) is 7.12. The Labute approximate surface area is 144 Å². The molecule has 0 saturated heterocycles. The summed E-state index contributed by atoms with van der Waals surface area (Å²) in [6.45, 7) is -0.496. The highest BCUT2D eigenvalue weighted by Gasteiger charge is 2.23. The standard InChI is InChI=1S/C11H18N4O6S.H2S/c1-20-11(19)6(12)2-3-8-14-7(5-21-22-15-8)10(18)13-4-9(16)17;/h6-7H,2-5,12H2,1H3,(H,13,18)(H,14,15)(H,16,17);1H2. The molecule has 12 heteroatoms. The van der Waals surface area contributed by atoms with E-state index in [9.17, 15) is 14.4 Å². The first kappa shape index (κ1) is 21.5. The summed E-state index contributed by atoms with van der Waals surface area (Å²) in [4.78, 5) is 37.6. The number of amidine groups is 1. The van der Waals surface area contributed by atoms with E-state index < -0.39 is 36.5 Å². The molecule has 2 unspecified atom stereocenters. The third kappa shape index (κ3) is 8.06. The molecule has 23 heavy (non-hydrogen) atoms. The monoisotopic (exact) mass is 368 g/mol. The number of nitrogens with two attached hydrogens (primary N) is 1. The van der Waals surface area contributed by atoms with Gasteiger partial charge in [-0.3, -0.25) is 28.3 Å². The van der Waals surface area contributed by atoms with Crippen molar-refractivity contribution in [1.29, 1.82) is 0 Å². The zero-order valence-electron chi connectivity index (χ0n) is 12.4. The van der Waals surface area contributed by atoms with Gasteiger partial charge in [0.1, 0.15) is 30.7 Å². The Hall–Kier alpha value is -1.50. The number of nitrogens with one attached hydrogen (secondary N) is 2. The van der Waals surface area contributed by atoms with E-state index in [1.807, 2.05) is 0 Å². The van der Waals surface area contributed by atoms with E-state index in [0.717, 1.165) is 12.2 Å². The lowest BCUT2D eigenvalue weighted by Crippen LogP contribution is -2.39. The summed E-state index contributed by atoms with van der Waals surface area (Å²) >= 11 is 0.901. The maximum atomic E-state index is 11.8. The number of ether oxygens (including phenoxy) is 1. The number of aliphatic imine (C=N–C) groups is 1. The van der Waals surface area contributed by atoms with Crippen LogP contribution in [0.3, 0.4) is 0 Å². The minimum atomic E-state index is -1.15. The number of carboxylic acids is 1. The number of esters is 1. The second-order valence-electron chi connectivity index (χ2n) is 4.34. The van der Waals surface area contributed by atoms with E-state index in [4.69, 9.17) is 15.0 Å². The summed E-state index contributed by atoms with van der Waals surface area (Å²) in [5.74, 6) is -1.81. The van der Waals surface area contributed by atoms with Crippen molar-refractivity contribution < 1.29 is 28.4 Å². The number of amides is 1. The lowest BCUT2D eigenvalue weighted by molar-refractivity contribution is -0.142. The summed E-state index contributed by atoms with van der Waals surface area (Å²) in [5, 5.41) is 10.8. The Morgan fingerprint density at radius 2 is 2.30 bits per heavy atom. The van der Waals surface area contributed by atoms with Crippen molar-refractivity contribution in [3.8, 4) is 0 Å². The molecule has 1 rings (SSSR count). The van der Waals surface area contributed by atoms with Crippen molar-refractivity contribution in [2.75, 3.05) is 20.3 Å². The Kier molecular flexibility index (Phi) is 10.4. The summed E-state index contributed by atoms with van der Waals surface area (Å²) in [5.41, 5.74) is 5.62. The second-order valence-corrected chi connectivity index (χ2v) is 4.95. The van der Waals surface area contributed by atoms with E-state index in [1.54, 1.807) is 0 Å². The average molecular weight is 368 g/mol. The Balaban J connectivity index is 0.00000484. The van der Waals surface area contributed by atoms with Crippen LogP contribution in [0, 0.1) is 0 Å². The number of nitrogens with zero attached hydrogens (tertiary/aromatic N) is 1. The van der Waals surface area contributed by atoms with Crippen LogP contribution in [0.5, 0.6) is 0 Å². The van der Waals surface area contributed by atoms with Crippen LogP contribution in [-0.4, -0.2) is 61.1 Å². The molecule has 2 atom stereocenters. The third-order valence-corrected chi connectivity index (χ3v) is 3.24. The fourth-order valence-corrected chi connectivity index (χ4v) is 2.03. The molecule has 132 valence electrons. The van der Waals surface area contributed by atoms with Gasteiger partial charge in [-0.1, -0.05) is 0 Å². The van der Waals surface area contributed by atoms with Gasteiger partial charge in [0.15, 0.2) is 6.04 Å². The molecule has 10 nitrogen and oxygen atoms in total. The van der Waals surface area contributed by atoms with Crippen molar-refractivity contribution in [3.05, 3.63) is 0 Å². The van der Waals surface area contributed by atoms with E-state index in [1.165, 1.54) is 7.11 Å². The predicted octanol–water partition coefficient (Wildman–Crippen LogP) is -1.47. The van der Waals surface area contributed by atoms with Crippen LogP contribution in [0.4, 0.5) is 0 Å². The van der Waals surface area contributed by atoms with E-state index in [0.29, 0.717) is 12.3 Å². The molecule has 0 aromatic rings. The fraction of sp³-hybridized carbons (Fsp3) is 0.636. The van der Waals surface area contributed by atoms with Gasteiger partial charge in [0.2, 0.25) is 5.91 Å². The normalized spacial score (nSPS) is 18.3. The summed E-state index contributed by atoms with van der Waals surface area (Å²) in [7, 11) is 1.25. The molecule has 0 aromatic heterocycles. The van der Waals surface area contributed by atoms with Crippen LogP contribution in [0.2, 0.25) is 0 Å². The highest BCUT2D eigenvalue weighted by molar-refractivity contribution is 7.93. The zero-order chi connectivity index (χ0) is 16.5. The Morgan fingerprint density at radius 1 is 1.61 bits per heavy atom. The smallest absolute Gasteiger partial charge is 0.322 e. The van der Waals surface area contributed by atoms with Crippen LogP contribution < -0.4 is 15.8 Å². The molecule has 0 fully saturated rings. The maximum absolute atomic E-state index is 11.8. The summed E-state index contributed by atoms with van der Waals surface area (Å²) in [6.07, 6.45) is 0.595. The molecular weight excluding hydrogens is 348 g/mol. The molecule has 5 N–H and O–H groups in total. The number of hydrogen-bond donors (Lipinski definition) is 4. The van der Waals surface area contributed by atoms with Crippen LogP contribution in [0.15, 0.2) is 4.99 Å². The van der Waals surface area contributed by atoms with E-state index >= 15 is 0 Å². The van der Waals surface area contributed by atoms with Gasteiger partial charge in [-0.05, 0) is 6.42 Å². The first-order chi connectivity index (χ1) is 10.4. The Morgan fingerprint density at radius 3 is 2.91 bits per heavy atom. The number of hydrogen-bond acceptors (Lipinski definition) is 9. The average Bonchev–Trinajstić information content (AvgIpc) is 2.74. The lowest BCUT2D eigenvalue weighted by atomic mass is 10.1. The Bertz CT molecular complexity index is 462. The zero-order valence-corrected chi connectivity index (χ0v) is 14.2. The van der Waals surface area contributed by atoms with Gasteiger partial charge in [-0.25, -0.2) is 0 Å². The summed E-state index contributed by atoms with van der Waals surface area (Å²) < 4.78 is 12.4. The highest BCUT2D eigenvalue weighted by atomic mass is 32.2. The molecule has 0 radical (unpaired) electrons. The number of methoxy groups -OCH3 is 1. The maximum Gasteiger partial charge on any atom is 0.322 e. The van der Waals surface area contributed by atoms with Gasteiger partial charge >= 0.3 is 11.9 Å². The van der Waals surface area contributed by atoms with Crippen LogP contribution in [-0.2, 0) is 23.3 Å². The van der Waals surface area contributed by atoms with Crippen LogP contribution in [0.25, 0.3) is 0 Å². The largest absolute Gasteiger partial charge is 0.480 e. The van der Waals surface area contributed by atoms with Gasteiger partial charge in [-0.2, -0.15) is 13.5 Å². The van der Waals surface area contributed by atoms with Crippen LogP contribution >= 0.6 is 25.7 Å². The number of carbonyl (C=O) groups excluding carboxylic acids is 2. The van der Waals surface area contributed by atoms with Gasteiger partial charge < -0.3 is 20.9 Å². The molecule has 0 aromatic carbocycles. The number of carbonyl (C=O) groups is 3. The van der Waals surface area contributed by atoms with Gasteiger partial charge in [0.05, 0.1) is 13.7 Å². The molecular formula is C11H20N4O6S2. The van der Waals surface area contributed by atoms with Crippen molar-refractivity contribution in [2.45, 2.75) is 24.9 Å². The van der Waals surface area contributed by atoms with Crippen molar-refractivity contribution in [2.24, 2.45) is 10.7 Å². The van der Waals surface area contributed by atoms with E-state index in [2.05, 4.69) is 19.8 Å². The quantitative estimate of drug-likeness (QED) is 0.240. The molecule has 0 bridgehead atoms. The van der Waals surface area contributed by atoms with Gasteiger partial charge in [-0.15, -0.1) is 0 Å². The third-order valence-electron chi connectivity index (χ3n) is 2.67. The van der Waals surface area contributed by atoms with Crippen LogP contribution in [0.1, 0.15) is 12.8 Å². The number of aliphatic carboxylic acids is 1. The second kappa shape index (κ2) is 11.1. The first-order valence-electron chi connectivity index (χ1n) is 6.38. The van der Waals surface area contributed by atoms with Crippen molar-refractivity contribution >= 4 is 49.4 Å². The highest BCUT2D eigenvalue weighted by Crippen LogP contribution is 2.10. The minimum Gasteiger partial charge on any atom is -0.480 e. The lowest BCUT2D eigenvalue weighted by Gasteiger charge is -2.11. The van der Waals surface area contributed by atoms with E-state index in [-0.39, 0.29) is 26.5 Å². The topological polar surface area (TPSA) is 152 Å². The molecule has 0 aliphatic carbocycles. The van der Waals surface area contributed by atoms with Gasteiger partial charge in [0, 0.05) is 6.42 Å². The number of rotatable bonds is 7. The van der Waals surface area contributed by atoms with Gasteiger partial charge in [0.25, 0.3) is 0 Å². The number of carboxylic acid groups (broad SMARTS) is 1. The molecule has 1 aliphatic heterocycles. The summed E-state index contributed by atoms with van der Waals surface area (Å²) in [6, 6.07) is -1.66. The predicted molar refractivity (Wildman–Crippen MR) is 88.2 cm³/mol. The molecule has 1 aliphatic rings. The molecule has 1 heterocycles. The fourth-order valence-electron chi connectivity index (χ4n) is 1.52. The van der Waals surface area contributed by atoms with Crippen molar-refractivity contribution in [3.63, 3.8) is 0 Å². The molecule has 0 saturated carbocycles. The molecule has 1 amide bonds. The SMILES string of the molecule is COC(=O)C(N)CCC1=NC(C(=O)NCC(=O)O)COSN1.S. The van der Waals surface area contributed by atoms with Crippen molar-refractivity contribution in [1.82, 2.24) is 10.0 Å². The minimum absolute atomic E-state index is 0.